The van der Waals surface area contributed by atoms with E-state index in [4.69, 9.17) is 5.26 Å². The molecule has 0 aliphatic carbocycles. The van der Waals surface area contributed by atoms with Crippen LogP contribution in [0.4, 0.5) is 36.7 Å². The number of hydrogen-bond donors (Lipinski definition) is 1. The number of halogens is 7. The van der Waals surface area contributed by atoms with Gasteiger partial charge in [0.05, 0.1) is 18.5 Å². The molecule has 2 aromatic heterocycles. The summed E-state index contributed by atoms with van der Waals surface area (Å²) in [4.78, 5) is 3.58. The van der Waals surface area contributed by atoms with Gasteiger partial charge in [0.25, 0.3) is 0 Å². The quantitative estimate of drug-likeness (QED) is 0.682. The van der Waals surface area contributed by atoms with Crippen LogP contribution in [0.1, 0.15) is 17.7 Å². The number of sulfonamides is 1. The van der Waals surface area contributed by atoms with Gasteiger partial charge >= 0.3 is 12.1 Å². The van der Waals surface area contributed by atoms with Crippen LogP contribution in [0.3, 0.4) is 0 Å². The van der Waals surface area contributed by atoms with E-state index in [2.05, 4.69) is 15.4 Å². The summed E-state index contributed by atoms with van der Waals surface area (Å²) in [5.41, 5.74) is -4.51. The van der Waals surface area contributed by atoms with Crippen LogP contribution in [0.25, 0.3) is 5.52 Å². The Morgan fingerprint density at radius 2 is 1.94 bits per heavy atom. The average molecular weight is 474 g/mol. The fourth-order valence-corrected chi connectivity index (χ4v) is 3.96. The number of rotatable bonds is 4. The van der Waals surface area contributed by atoms with Crippen LogP contribution in [0.15, 0.2) is 6.20 Å². The fraction of sp³-hybridized carbons (Fsp3) is 0.533. The molecule has 31 heavy (non-hydrogen) atoms. The standard InChI is InChI=1S/C15H13F7N6O2S/c1-31(29,30)27-3-2-9(8(16)6-27)25-13-24-5-10-11(17)7(4-23)12(28(10)26-13)14(18,19)15(20,21)22/h5,8-9H,2-3,6H2,1H3,(H,25,26)/t8-,9-/m1/s1. The van der Waals surface area contributed by atoms with Gasteiger partial charge in [-0.2, -0.15) is 31.5 Å². The minimum atomic E-state index is -6.15. The molecular weight excluding hydrogens is 461 g/mol. The highest BCUT2D eigenvalue weighted by molar-refractivity contribution is 7.88. The van der Waals surface area contributed by atoms with Crippen molar-refractivity contribution in [1.29, 1.82) is 5.26 Å². The van der Waals surface area contributed by atoms with E-state index in [9.17, 15) is 39.2 Å². The van der Waals surface area contributed by atoms with Gasteiger partial charge in [-0.15, -0.1) is 5.10 Å². The molecule has 2 atom stereocenters. The third-order valence-corrected chi connectivity index (χ3v) is 5.95. The third-order valence-electron chi connectivity index (χ3n) is 4.68. The topological polar surface area (TPSA) is 103 Å². The summed E-state index contributed by atoms with van der Waals surface area (Å²) in [6, 6.07) is -0.127. The van der Waals surface area contributed by atoms with Crippen LogP contribution in [0, 0.1) is 17.1 Å². The van der Waals surface area contributed by atoms with Gasteiger partial charge in [0, 0.05) is 13.1 Å². The van der Waals surface area contributed by atoms with Gasteiger partial charge in [-0.05, 0) is 6.42 Å². The van der Waals surface area contributed by atoms with Gasteiger partial charge in [0.2, 0.25) is 16.0 Å². The smallest absolute Gasteiger partial charge is 0.347 e. The Morgan fingerprint density at radius 3 is 2.45 bits per heavy atom. The van der Waals surface area contributed by atoms with E-state index in [1.54, 1.807) is 0 Å². The van der Waals surface area contributed by atoms with Crippen molar-refractivity contribution in [3.05, 3.63) is 23.3 Å². The maximum absolute atomic E-state index is 14.4. The molecule has 0 unspecified atom stereocenters. The number of fused-ring (bicyclic) bond motifs is 1. The molecule has 2 aromatic rings. The van der Waals surface area contributed by atoms with Crippen molar-refractivity contribution in [2.75, 3.05) is 24.7 Å². The first-order valence-corrected chi connectivity index (χ1v) is 10.3. The number of piperidine rings is 1. The zero-order valence-electron chi connectivity index (χ0n) is 15.5. The van der Waals surface area contributed by atoms with Gasteiger partial charge < -0.3 is 5.32 Å². The first-order chi connectivity index (χ1) is 14.2. The van der Waals surface area contributed by atoms with Crippen LogP contribution in [-0.4, -0.2) is 65.1 Å². The molecule has 1 N–H and O–H groups in total. The van der Waals surface area contributed by atoms with E-state index < -0.39 is 69.4 Å². The second-order valence-corrected chi connectivity index (χ2v) is 8.76. The summed E-state index contributed by atoms with van der Waals surface area (Å²) in [6.07, 6.45) is -6.57. The van der Waals surface area contributed by atoms with E-state index in [-0.39, 0.29) is 17.5 Å². The van der Waals surface area contributed by atoms with E-state index in [1.165, 1.54) is 0 Å². The lowest BCUT2D eigenvalue weighted by molar-refractivity contribution is -0.291. The van der Waals surface area contributed by atoms with Gasteiger partial charge in [0.15, 0.2) is 5.82 Å². The summed E-state index contributed by atoms with van der Waals surface area (Å²) in [5.74, 6) is -7.91. The lowest BCUT2D eigenvalue weighted by Gasteiger charge is -2.33. The van der Waals surface area contributed by atoms with E-state index in [0.717, 1.165) is 16.6 Å². The third kappa shape index (κ3) is 3.99. The number of nitriles is 1. The lowest BCUT2D eigenvalue weighted by Crippen LogP contribution is -2.49. The summed E-state index contributed by atoms with van der Waals surface area (Å²) in [5, 5.41) is 14.7. The number of anilines is 1. The number of aromatic nitrogens is 3. The van der Waals surface area contributed by atoms with Crippen molar-refractivity contribution in [2.24, 2.45) is 0 Å². The maximum atomic E-state index is 14.4. The summed E-state index contributed by atoms with van der Waals surface area (Å²) < 4.78 is 119. The van der Waals surface area contributed by atoms with Crippen LogP contribution in [0.2, 0.25) is 0 Å². The van der Waals surface area contributed by atoms with Gasteiger partial charge in [-0.3, -0.25) is 0 Å². The van der Waals surface area contributed by atoms with Gasteiger partial charge in [-0.1, -0.05) is 0 Å². The van der Waals surface area contributed by atoms with Gasteiger partial charge in [0.1, 0.15) is 29.0 Å². The normalized spacial score (nSPS) is 21.3. The first-order valence-electron chi connectivity index (χ1n) is 8.46. The highest BCUT2D eigenvalue weighted by Crippen LogP contribution is 2.46. The molecular formula is C15H13F7N6O2S. The molecule has 16 heteroatoms. The van der Waals surface area contributed by atoms with E-state index in [1.807, 2.05) is 0 Å². The van der Waals surface area contributed by atoms with E-state index >= 15 is 0 Å². The van der Waals surface area contributed by atoms with E-state index in [0.29, 0.717) is 6.20 Å². The summed E-state index contributed by atoms with van der Waals surface area (Å²) in [6.45, 7) is -0.611. The number of nitrogens with zero attached hydrogens (tertiary/aromatic N) is 5. The average Bonchev–Trinajstić information content (AvgIpc) is 2.93. The molecule has 0 bridgehead atoms. The van der Waals surface area contributed by atoms with Crippen molar-refractivity contribution in [1.82, 2.24) is 18.9 Å². The van der Waals surface area contributed by atoms with Crippen LogP contribution >= 0.6 is 0 Å². The Balaban J connectivity index is 2.00. The minimum Gasteiger partial charge on any atom is -0.347 e. The SMILES string of the molecule is CS(=O)(=O)N1CC[C@@H](Nc2ncc3c(F)c(C#N)c(C(F)(F)C(F)(F)F)n3n2)[C@H](F)C1. The molecule has 1 fully saturated rings. The predicted molar refractivity (Wildman–Crippen MR) is 90.9 cm³/mol. The first kappa shape index (κ1) is 23.0. The van der Waals surface area contributed by atoms with Crippen molar-refractivity contribution in [3.63, 3.8) is 0 Å². The largest absolute Gasteiger partial charge is 0.459 e. The number of nitrogens with one attached hydrogen (secondary N) is 1. The zero-order chi connectivity index (χ0) is 23.4. The molecule has 0 aromatic carbocycles. The number of alkyl halides is 6. The Labute approximate surface area is 170 Å². The molecule has 8 nitrogen and oxygen atoms in total. The zero-order valence-corrected chi connectivity index (χ0v) is 16.3. The Hall–Kier alpha value is -2.67. The highest BCUT2D eigenvalue weighted by Gasteiger charge is 2.62. The molecule has 1 aliphatic heterocycles. The van der Waals surface area contributed by atoms with Crippen LogP contribution in [-0.2, 0) is 15.9 Å². The summed E-state index contributed by atoms with van der Waals surface area (Å²) >= 11 is 0. The Morgan fingerprint density at radius 1 is 1.29 bits per heavy atom. The molecule has 0 amide bonds. The molecule has 3 heterocycles. The van der Waals surface area contributed by atoms with Crippen LogP contribution in [0.5, 0.6) is 0 Å². The van der Waals surface area contributed by atoms with Crippen molar-refractivity contribution in [3.8, 4) is 6.07 Å². The van der Waals surface area contributed by atoms with Crippen molar-refractivity contribution < 1.29 is 39.2 Å². The molecule has 1 saturated heterocycles. The molecule has 3 rings (SSSR count). The molecule has 170 valence electrons. The Kier molecular flexibility index (Phi) is 5.55. The fourth-order valence-electron chi connectivity index (χ4n) is 3.11. The second-order valence-electron chi connectivity index (χ2n) is 6.78. The second kappa shape index (κ2) is 7.48. The molecule has 1 aliphatic rings. The minimum absolute atomic E-state index is 0.0900. The molecule has 0 radical (unpaired) electrons. The van der Waals surface area contributed by atoms with Gasteiger partial charge in [-0.25, -0.2) is 26.7 Å². The predicted octanol–water partition coefficient (Wildman–Crippen LogP) is 2.18. The van der Waals surface area contributed by atoms with Crippen molar-refractivity contribution in [2.45, 2.75) is 30.7 Å². The Bertz CT molecular complexity index is 1160. The molecule has 0 spiro atoms. The monoisotopic (exact) mass is 474 g/mol. The lowest BCUT2D eigenvalue weighted by atomic mass is 10.1. The maximum Gasteiger partial charge on any atom is 0.459 e. The number of hydrogen-bond acceptors (Lipinski definition) is 6. The molecule has 0 saturated carbocycles. The summed E-state index contributed by atoms with van der Waals surface area (Å²) in [7, 11) is -3.66. The van der Waals surface area contributed by atoms with Crippen molar-refractivity contribution >= 4 is 21.5 Å². The van der Waals surface area contributed by atoms with Crippen LogP contribution < -0.4 is 5.32 Å². The highest BCUT2D eigenvalue weighted by atomic mass is 32.2.